The van der Waals surface area contributed by atoms with Crippen LogP contribution >= 0.6 is 11.3 Å². The molecule has 180 valence electrons. The number of nitrogens with zero attached hydrogens (tertiary/aromatic N) is 4. The molecule has 34 heavy (non-hydrogen) atoms. The number of hydrogen-bond acceptors (Lipinski definition) is 8. The largest absolute Gasteiger partial charge is 0.481 e. The van der Waals surface area contributed by atoms with Crippen LogP contribution < -0.4 is 5.32 Å². The van der Waals surface area contributed by atoms with Gasteiger partial charge in [0.15, 0.2) is 0 Å². The van der Waals surface area contributed by atoms with Gasteiger partial charge in [-0.1, -0.05) is 19.9 Å². The number of carbonyl (C=O) groups is 1. The molecule has 1 aliphatic rings. The van der Waals surface area contributed by atoms with E-state index in [1.165, 1.54) is 11.3 Å². The molecule has 0 bridgehead atoms. The number of alkyl halides is 3. The fourth-order valence-corrected chi connectivity index (χ4v) is 5.34. The molecular formula is C22H22F3N5O3S. The van der Waals surface area contributed by atoms with E-state index in [1.54, 1.807) is 24.4 Å². The highest BCUT2D eigenvalue weighted by Gasteiger charge is 2.49. The summed E-state index contributed by atoms with van der Waals surface area (Å²) in [7, 11) is 0. The van der Waals surface area contributed by atoms with E-state index in [1.807, 2.05) is 13.8 Å². The number of aliphatic carboxylic acids is 1. The quantitative estimate of drug-likeness (QED) is 0.461. The summed E-state index contributed by atoms with van der Waals surface area (Å²) in [6.45, 7) is 3.66. The molecule has 8 nitrogen and oxygen atoms in total. The van der Waals surface area contributed by atoms with Crippen molar-refractivity contribution in [2.24, 2.45) is 11.3 Å². The molecule has 3 N–H and O–H groups in total. The molecule has 3 aromatic rings. The van der Waals surface area contributed by atoms with Gasteiger partial charge in [-0.3, -0.25) is 4.79 Å². The molecule has 4 rings (SSSR count). The van der Waals surface area contributed by atoms with Crippen LogP contribution in [0, 0.1) is 11.3 Å². The molecule has 1 aliphatic carbocycles. The number of carboxylic acid groups (broad SMARTS) is 1. The van der Waals surface area contributed by atoms with Gasteiger partial charge in [0.1, 0.15) is 34.3 Å². The average Bonchev–Trinajstić information content (AvgIpc) is 3.24. The highest BCUT2D eigenvalue weighted by atomic mass is 32.1. The Morgan fingerprint density at radius 1 is 1.21 bits per heavy atom. The van der Waals surface area contributed by atoms with Crippen LogP contribution in [0.25, 0.3) is 10.6 Å². The zero-order valence-electron chi connectivity index (χ0n) is 18.3. The van der Waals surface area contributed by atoms with Gasteiger partial charge in [-0.15, -0.1) is 11.3 Å². The maximum absolute atomic E-state index is 12.9. The summed E-state index contributed by atoms with van der Waals surface area (Å²) >= 11 is 1.25. The van der Waals surface area contributed by atoms with Gasteiger partial charge in [0.25, 0.3) is 0 Å². The number of nitrogens with one attached hydrogen (secondary N) is 1. The summed E-state index contributed by atoms with van der Waals surface area (Å²) in [4.78, 5) is 28.1. The Morgan fingerprint density at radius 3 is 2.65 bits per heavy atom. The highest BCUT2D eigenvalue weighted by molar-refractivity contribution is 7.15. The van der Waals surface area contributed by atoms with Gasteiger partial charge < -0.3 is 15.5 Å². The van der Waals surface area contributed by atoms with Crippen LogP contribution in [-0.4, -0.2) is 36.1 Å². The second-order valence-corrected chi connectivity index (χ2v) is 10.0. The summed E-state index contributed by atoms with van der Waals surface area (Å²) in [6.07, 6.45) is -1.31. The van der Waals surface area contributed by atoms with E-state index in [-0.39, 0.29) is 24.5 Å². The third kappa shape index (κ3) is 4.87. The first-order chi connectivity index (χ1) is 15.9. The van der Waals surface area contributed by atoms with Gasteiger partial charge >= 0.3 is 12.1 Å². The lowest BCUT2D eigenvalue weighted by Gasteiger charge is -2.44. The van der Waals surface area contributed by atoms with Crippen LogP contribution in [0.5, 0.6) is 0 Å². The third-order valence-electron chi connectivity index (χ3n) is 5.96. The van der Waals surface area contributed by atoms with Crippen molar-refractivity contribution in [2.75, 3.05) is 5.32 Å². The number of halogens is 3. The Bertz CT molecular complexity index is 1220. The van der Waals surface area contributed by atoms with E-state index in [2.05, 4.69) is 25.3 Å². The lowest BCUT2D eigenvalue weighted by molar-refractivity contribution is -0.154. The number of thiazole rings is 1. The van der Waals surface area contributed by atoms with E-state index in [9.17, 15) is 28.2 Å². The topological polar surface area (TPSA) is 121 Å². The fraction of sp³-hybridized carbons (Fsp3) is 0.409. The normalized spacial score (nSPS) is 22.4. The van der Waals surface area contributed by atoms with Gasteiger partial charge in [0.05, 0.1) is 16.5 Å². The minimum atomic E-state index is -4.59. The van der Waals surface area contributed by atoms with Crippen molar-refractivity contribution in [1.29, 1.82) is 0 Å². The second-order valence-electron chi connectivity index (χ2n) is 8.98. The predicted octanol–water partition coefficient (Wildman–Crippen LogP) is 4.86. The van der Waals surface area contributed by atoms with E-state index in [0.717, 1.165) is 12.4 Å². The average molecular weight is 494 g/mol. The summed E-state index contributed by atoms with van der Waals surface area (Å²) in [5.41, 5.74) is -2.41. The first-order valence-corrected chi connectivity index (χ1v) is 11.2. The van der Waals surface area contributed by atoms with Gasteiger partial charge in [-0.25, -0.2) is 19.9 Å². The summed E-state index contributed by atoms with van der Waals surface area (Å²) < 4.78 is 38.7. The Morgan fingerprint density at radius 2 is 1.97 bits per heavy atom. The van der Waals surface area contributed by atoms with Crippen molar-refractivity contribution >= 4 is 28.9 Å². The number of rotatable bonds is 5. The predicted molar refractivity (Wildman–Crippen MR) is 118 cm³/mol. The van der Waals surface area contributed by atoms with Crippen molar-refractivity contribution in [1.82, 2.24) is 19.9 Å². The maximum atomic E-state index is 12.9. The molecule has 2 atom stereocenters. The van der Waals surface area contributed by atoms with E-state index < -0.39 is 34.8 Å². The molecular weight excluding hydrogens is 471 g/mol. The van der Waals surface area contributed by atoms with Crippen LogP contribution in [0.4, 0.5) is 24.8 Å². The number of aromatic nitrogens is 4. The molecule has 3 aromatic heterocycles. The third-order valence-corrected chi connectivity index (χ3v) is 7.17. The zero-order chi connectivity index (χ0) is 24.7. The summed E-state index contributed by atoms with van der Waals surface area (Å²) in [6, 6.07) is 5.79. The number of pyridine rings is 1. The number of aliphatic hydroxyl groups is 1. The van der Waals surface area contributed by atoms with Crippen molar-refractivity contribution < 1.29 is 28.2 Å². The van der Waals surface area contributed by atoms with E-state index in [0.29, 0.717) is 22.0 Å². The lowest BCUT2D eigenvalue weighted by Crippen LogP contribution is -2.44. The number of anilines is 2. The van der Waals surface area contributed by atoms with Gasteiger partial charge in [0, 0.05) is 12.3 Å². The van der Waals surface area contributed by atoms with Crippen molar-refractivity contribution in [3.63, 3.8) is 0 Å². The first kappa shape index (κ1) is 24.0. The number of hydrogen-bond donors (Lipinski definition) is 3. The number of carboxylic acids is 1. The van der Waals surface area contributed by atoms with Crippen molar-refractivity contribution in [3.05, 3.63) is 47.5 Å². The Balaban J connectivity index is 1.55. The van der Waals surface area contributed by atoms with Crippen LogP contribution in [0.15, 0.2) is 36.8 Å². The van der Waals surface area contributed by atoms with E-state index in [4.69, 9.17) is 0 Å². The van der Waals surface area contributed by atoms with Crippen LogP contribution in [-0.2, 0) is 16.6 Å². The molecule has 0 radical (unpaired) electrons. The lowest BCUT2D eigenvalue weighted by atomic mass is 9.63. The minimum Gasteiger partial charge on any atom is -0.481 e. The second kappa shape index (κ2) is 8.58. The molecule has 0 unspecified atom stereocenters. The van der Waals surface area contributed by atoms with Gasteiger partial charge in [-0.2, -0.15) is 13.2 Å². The smallest absolute Gasteiger partial charge is 0.433 e. The maximum Gasteiger partial charge on any atom is 0.433 e. The van der Waals surface area contributed by atoms with Gasteiger partial charge in [0.2, 0.25) is 0 Å². The molecule has 0 spiro atoms. The Hall–Kier alpha value is -3.12. The highest BCUT2D eigenvalue weighted by Crippen LogP contribution is 2.50. The van der Waals surface area contributed by atoms with Crippen LogP contribution in [0.3, 0.4) is 0 Å². The van der Waals surface area contributed by atoms with Gasteiger partial charge in [-0.05, 0) is 36.8 Å². The summed E-state index contributed by atoms with van der Waals surface area (Å²) in [5.74, 6) is -1.19. The van der Waals surface area contributed by atoms with Crippen LogP contribution in [0.2, 0.25) is 0 Å². The standard InChI is InChI=1S/C22H22F3N5O3S/c1-20(2)10-21(33,7-6-12(20)18(31)32)19-26-9-14(34-19)13-4-3-5-16(29-13)30-17-8-15(22(23,24)25)27-11-28-17/h3-5,8-9,11-12,33H,6-7,10H2,1-2H3,(H,31,32)(H,27,28,29,30)/t12-,21-/m1/s1. The molecule has 3 heterocycles. The Labute approximate surface area is 197 Å². The van der Waals surface area contributed by atoms with Crippen LogP contribution in [0.1, 0.15) is 43.8 Å². The molecule has 0 aliphatic heterocycles. The van der Waals surface area contributed by atoms with E-state index >= 15 is 0 Å². The zero-order valence-corrected chi connectivity index (χ0v) is 19.1. The molecule has 12 heteroatoms. The fourth-order valence-electron chi connectivity index (χ4n) is 4.34. The molecule has 0 saturated heterocycles. The molecule has 1 saturated carbocycles. The van der Waals surface area contributed by atoms with Crippen molar-refractivity contribution in [3.8, 4) is 10.6 Å². The molecule has 0 amide bonds. The molecule has 1 fully saturated rings. The summed E-state index contributed by atoms with van der Waals surface area (Å²) in [5, 5.41) is 24.0. The molecule has 0 aromatic carbocycles. The Kier molecular flexibility index (Phi) is 6.06. The first-order valence-electron chi connectivity index (χ1n) is 10.4. The SMILES string of the molecule is CC1(C)C[C@@](O)(c2ncc(-c3cccc(Nc4cc(C(F)(F)F)ncn4)n3)s2)CC[C@@H]1C(=O)O. The minimum absolute atomic E-state index is 0.0521. The van der Waals surface area contributed by atoms with Crippen molar-refractivity contribution in [2.45, 2.75) is 44.9 Å². The monoisotopic (exact) mass is 493 g/mol.